The molecule has 0 atom stereocenters. The van der Waals surface area contributed by atoms with Crippen LogP contribution < -0.4 is 0 Å². The number of nitroso groups, excluding NO2 is 1. The predicted molar refractivity (Wildman–Crippen MR) is 53.2 cm³/mol. The van der Waals surface area contributed by atoms with E-state index in [-0.39, 0.29) is 10.6 Å². The molecule has 0 aromatic heterocycles. The summed E-state index contributed by atoms with van der Waals surface area (Å²) in [6.45, 7) is 0. The number of hydrogen-bond donors (Lipinski definition) is 1. The monoisotopic (exact) mass is 297 g/mol. The minimum absolute atomic E-state index is 0.00536. The highest BCUT2D eigenvalue weighted by molar-refractivity contribution is 14.1. The minimum Gasteiger partial charge on any atom is -0.227 e. The van der Waals surface area contributed by atoms with Gasteiger partial charge in [-0.1, -0.05) is 6.07 Å². The summed E-state index contributed by atoms with van der Waals surface area (Å²) >= 11 is 1.86. The van der Waals surface area contributed by atoms with Gasteiger partial charge in [-0.05, 0) is 39.9 Å². The fourth-order valence-electron chi connectivity index (χ4n) is 0.742. The molecule has 4 nitrogen and oxygen atoms in total. The molecule has 0 heterocycles. The second-order valence-corrected chi connectivity index (χ2v) is 4.11. The Morgan fingerprint density at radius 2 is 2.00 bits per heavy atom. The standard InChI is InChI=1S/C6H4INO3S/c7-4-2-1-3-5(12(10)11)6(4)8-9/h1-3,12H. The Morgan fingerprint density at radius 3 is 2.42 bits per heavy atom. The fraction of sp³-hybridized carbons (Fsp3) is 0. The van der Waals surface area contributed by atoms with Gasteiger partial charge in [0.2, 0.25) is 0 Å². The van der Waals surface area contributed by atoms with Crippen molar-refractivity contribution in [3.05, 3.63) is 26.7 Å². The summed E-state index contributed by atoms with van der Waals surface area (Å²) in [6.07, 6.45) is 0. The first-order valence-corrected chi connectivity index (χ1v) is 5.18. The Balaban J connectivity index is 3.47. The van der Waals surface area contributed by atoms with Crippen LogP contribution in [0.4, 0.5) is 5.69 Å². The Bertz CT molecular complexity index is 380. The summed E-state index contributed by atoms with van der Waals surface area (Å²) < 4.78 is 21.7. The molecule has 1 aromatic rings. The van der Waals surface area contributed by atoms with E-state index in [0.29, 0.717) is 3.57 Å². The zero-order valence-electron chi connectivity index (χ0n) is 5.73. The van der Waals surface area contributed by atoms with Crippen molar-refractivity contribution in [2.24, 2.45) is 5.18 Å². The van der Waals surface area contributed by atoms with Crippen LogP contribution in [-0.2, 0) is 10.7 Å². The Morgan fingerprint density at radius 1 is 1.33 bits per heavy atom. The van der Waals surface area contributed by atoms with E-state index in [4.69, 9.17) is 0 Å². The molecule has 0 aliphatic heterocycles. The Labute approximate surface area is 84.0 Å². The minimum atomic E-state index is -2.74. The number of thiol groups is 1. The smallest absolute Gasteiger partial charge is 0.170 e. The summed E-state index contributed by atoms with van der Waals surface area (Å²) in [5.41, 5.74) is -0.00536. The summed E-state index contributed by atoms with van der Waals surface area (Å²) in [4.78, 5) is 10.2. The van der Waals surface area contributed by atoms with E-state index >= 15 is 0 Å². The van der Waals surface area contributed by atoms with Gasteiger partial charge in [0.1, 0.15) is 5.69 Å². The first kappa shape index (κ1) is 9.59. The third kappa shape index (κ3) is 1.81. The van der Waals surface area contributed by atoms with Crippen molar-refractivity contribution >= 4 is 39.0 Å². The largest absolute Gasteiger partial charge is 0.227 e. The lowest BCUT2D eigenvalue weighted by atomic mass is 10.3. The second kappa shape index (κ2) is 3.94. The van der Waals surface area contributed by atoms with Gasteiger partial charge in [0.05, 0.1) is 4.90 Å². The number of hydrogen-bond acceptors (Lipinski definition) is 4. The molecule has 0 fully saturated rings. The van der Waals surface area contributed by atoms with Gasteiger partial charge in [-0.25, -0.2) is 8.42 Å². The topological polar surface area (TPSA) is 63.6 Å². The number of rotatable bonds is 2. The van der Waals surface area contributed by atoms with Crippen LogP contribution in [-0.4, -0.2) is 8.42 Å². The Kier molecular flexibility index (Phi) is 3.15. The van der Waals surface area contributed by atoms with E-state index in [9.17, 15) is 13.3 Å². The first-order chi connectivity index (χ1) is 5.66. The van der Waals surface area contributed by atoms with E-state index in [1.54, 1.807) is 12.1 Å². The summed E-state index contributed by atoms with van der Waals surface area (Å²) in [7, 11) is -2.74. The van der Waals surface area contributed by atoms with Gasteiger partial charge >= 0.3 is 0 Å². The van der Waals surface area contributed by atoms with Crippen molar-refractivity contribution in [2.45, 2.75) is 4.90 Å². The molecule has 0 amide bonds. The third-order valence-corrected chi connectivity index (χ3v) is 2.88. The van der Waals surface area contributed by atoms with Crippen LogP contribution in [0, 0.1) is 8.48 Å². The van der Waals surface area contributed by atoms with Crippen molar-refractivity contribution < 1.29 is 8.42 Å². The summed E-state index contributed by atoms with van der Waals surface area (Å²) in [5.74, 6) is 0. The van der Waals surface area contributed by atoms with Crippen LogP contribution in [0.25, 0.3) is 0 Å². The van der Waals surface area contributed by atoms with Crippen molar-refractivity contribution in [3.8, 4) is 0 Å². The molecule has 0 saturated heterocycles. The van der Waals surface area contributed by atoms with Crippen LogP contribution in [0.2, 0.25) is 0 Å². The molecular weight excluding hydrogens is 293 g/mol. The van der Waals surface area contributed by atoms with Crippen molar-refractivity contribution in [3.63, 3.8) is 0 Å². The molecule has 64 valence electrons. The van der Waals surface area contributed by atoms with E-state index in [1.165, 1.54) is 6.07 Å². The highest BCUT2D eigenvalue weighted by Gasteiger charge is 2.07. The zero-order valence-corrected chi connectivity index (χ0v) is 8.78. The molecule has 0 radical (unpaired) electrons. The number of benzene rings is 1. The molecule has 0 unspecified atom stereocenters. The highest BCUT2D eigenvalue weighted by Crippen LogP contribution is 2.26. The van der Waals surface area contributed by atoms with Gasteiger partial charge in [0.15, 0.2) is 10.7 Å². The van der Waals surface area contributed by atoms with Crippen LogP contribution in [0.5, 0.6) is 0 Å². The number of nitrogens with zero attached hydrogens (tertiary/aromatic N) is 1. The zero-order chi connectivity index (χ0) is 9.14. The fourth-order valence-corrected chi connectivity index (χ4v) is 2.09. The normalized spacial score (nSPS) is 10.2. The van der Waals surface area contributed by atoms with E-state index < -0.39 is 10.7 Å². The molecule has 0 N–H and O–H groups in total. The molecule has 0 aliphatic rings. The summed E-state index contributed by atoms with van der Waals surface area (Å²) in [5, 5.41) is 2.65. The SMILES string of the molecule is O=Nc1c(I)cccc1[SH](=O)=O. The van der Waals surface area contributed by atoms with Gasteiger partial charge in [0, 0.05) is 3.57 Å². The molecule has 6 heteroatoms. The van der Waals surface area contributed by atoms with Gasteiger partial charge in [0.25, 0.3) is 0 Å². The van der Waals surface area contributed by atoms with E-state index in [2.05, 4.69) is 5.18 Å². The van der Waals surface area contributed by atoms with Crippen LogP contribution in [0.15, 0.2) is 28.3 Å². The van der Waals surface area contributed by atoms with Gasteiger partial charge in [-0.3, -0.25) is 0 Å². The van der Waals surface area contributed by atoms with Crippen LogP contribution in [0.1, 0.15) is 0 Å². The van der Waals surface area contributed by atoms with Gasteiger partial charge < -0.3 is 0 Å². The maximum absolute atomic E-state index is 10.6. The lowest BCUT2D eigenvalue weighted by Gasteiger charge is -1.96. The average Bonchev–Trinajstić information content (AvgIpc) is 2.03. The molecule has 0 spiro atoms. The third-order valence-electron chi connectivity index (χ3n) is 1.25. The molecule has 0 saturated carbocycles. The average molecular weight is 297 g/mol. The highest BCUT2D eigenvalue weighted by atomic mass is 127. The Hall–Kier alpha value is -0.500. The predicted octanol–water partition coefficient (Wildman–Crippen LogP) is 1.66. The van der Waals surface area contributed by atoms with E-state index in [1.807, 2.05) is 22.6 Å². The first-order valence-electron chi connectivity index (χ1n) is 2.93. The number of halogens is 1. The van der Waals surface area contributed by atoms with Crippen LogP contribution in [0.3, 0.4) is 0 Å². The van der Waals surface area contributed by atoms with Gasteiger partial charge in [-0.15, -0.1) is 4.91 Å². The summed E-state index contributed by atoms with van der Waals surface area (Å²) in [6, 6.07) is 4.54. The lowest BCUT2D eigenvalue weighted by Crippen LogP contribution is -1.83. The molecule has 1 rings (SSSR count). The molecule has 1 aromatic carbocycles. The van der Waals surface area contributed by atoms with Crippen LogP contribution >= 0.6 is 22.6 Å². The molecule has 0 aliphatic carbocycles. The van der Waals surface area contributed by atoms with Crippen molar-refractivity contribution in [1.82, 2.24) is 0 Å². The quantitative estimate of drug-likeness (QED) is 0.513. The molecular formula is C6H4INO3S. The molecule has 0 bridgehead atoms. The maximum Gasteiger partial charge on any atom is 0.170 e. The van der Waals surface area contributed by atoms with Crippen molar-refractivity contribution in [2.75, 3.05) is 0 Å². The lowest BCUT2D eigenvalue weighted by molar-refractivity contribution is 0.614. The van der Waals surface area contributed by atoms with Crippen molar-refractivity contribution in [1.29, 1.82) is 0 Å². The maximum atomic E-state index is 10.6. The van der Waals surface area contributed by atoms with Gasteiger partial charge in [-0.2, -0.15) is 0 Å². The molecule has 12 heavy (non-hydrogen) atoms. The second-order valence-electron chi connectivity index (χ2n) is 1.96. The van der Waals surface area contributed by atoms with E-state index in [0.717, 1.165) is 0 Å².